The second kappa shape index (κ2) is 4.19. The third-order valence-electron chi connectivity index (χ3n) is 2.66. The van der Waals surface area contributed by atoms with Gasteiger partial charge in [-0.2, -0.15) is 0 Å². The summed E-state index contributed by atoms with van der Waals surface area (Å²) in [5, 5.41) is 6.72. The quantitative estimate of drug-likeness (QED) is 0.600. The van der Waals surface area contributed by atoms with Crippen LogP contribution in [0.25, 0.3) is 17.0 Å². The van der Waals surface area contributed by atoms with E-state index in [1.54, 1.807) is 12.3 Å². The van der Waals surface area contributed by atoms with Crippen molar-refractivity contribution in [3.05, 3.63) is 47.8 Å². The monoisotopic (exact) mass is 255 g/mol. The summed E-state index contributed by atoms with van der Waals surface area (Å²) in [6.07, 6.45) is 3.52. The molecule has 0 radical (unpaired) electrons. The Morgan fingerprint density at radius 2 is 2.11 bits per heavy atom. The Kier molecular flexibility index (Phi) is 2.53. The van der Waals surface area contributed by atoms with Gasteiger partial charge in [0, 0.05) is 11.6 Å². The zero-order valence-corrected chi connectivity index (χ0v) is 10.1. The maximum Gasteiger partial charge on any atom is 0.273 e. The van der Waals surface area contributed by atoms with E-state index >= 15 is 0 Å². The second-order valence-electron chi connectivity index (χ2n) is 3.92. The maximum absolute atomic E-state index is 11.5. The number of pyridine rings is 1. The molecule has 1 aliphatic heterocycles. The summed E-state index contributed by atoms with van der Waals surface area (Å²) in [7, 11) is 0. The number of benzene rings is 1. The minimum atomic E-state index is -0.203. The van der Waals surface area contributed by atoms with Crippen LogP contribution in [0, 0.1) is 0 Å². The molecule has 1 aromatic heterocycles. The molecule has 2 aromatic rings. The largest absolute Gasteiger partial charge is 0.328 e. The number of nitrogens with one attached hydrogen (secondary N) is 2. The van der Waals surface area contributed by atoms with Gasteiger partial charge in [-0.15, -0.1) is 0 Å². The Hall–Kier alpha value is -2.27. The highest BCUT2D eigenvalue weighted by Crippen LogP contribution is 2.16. The molecule has 88 valence electrons. The highest BCUT2D eigenvalue weighted by atomic mass is 32.1. The number of hydrogen-bond acceptors (Lipinski definition) is 3. The van der Waals surface area contributed by atoms with Gasteiger partial charge < -0.3 is 5.32 Å². The predicted molar refractivity (Wildman–Crippen MR) is 73.6 cm³/mol. The van der Waals surface area contributed by atoms with Crippen LogP contribution in [0.4, 0.5) is 0 Å². The van der Waals surface area contributed by atoms with Crippen molar-refractivity contribution < 1.29 is 4.79 Å². The number of amides is 1. The van der Waals surface area contributed by atoms with Gasteiger partial charge in [-0.05, 0) is 42.1 Å². The molecule has 0 bridgehead atoms. The Morgan fingerprint density at radius 3 is 2.89 bits per heavy atom. The number of carbonyl (C=O) groups excluding carboxylic acids is 1. The molecule has 2 heterocycles. The van der Waals surface area contributed by atoms with Gasteiger partial charge in [-0.25, -0.2) is 0 Å². The summed E-state index contributed by atoms with van der Waals surface area (Å²) >= 11 is 4.87. The first-order valence-electron chi connectivity index (χ1n) is 5.41. The van der Waals surface area contributed by atoms with E-state index in [1.807, 2.05) is 30.3 Å². The minimum Gasteiger partial charge on any atom is -0.328 e. The zero-order chi connectivity index (χ0) is 12.5. The highest BCUT2D eigenvalue weighted by molar-refractivity contribution is 7.80. The fraction of sp³-hybridized carbons (Fsp3) is 0. The van der Waals surface area contributed by atoms with Gasteiger partial charge in [0.2, 0.25) is 0 Å². The topological polar surface area (TPSA) is 54.0 Å². The third-order valence-corrected chi connectivity index (χ3v) is 2.86. The molecule has 18 heavy (non-hydrogen) atoms. The van der Waals surface area contributed by atoms with E-state index in [-0.39, 0.29) is 5.91 Å². The molecular weight excluding hydrogens is 246 g/mol. The van der Waals surface area contributed by atoms with Gasteiger partial charge in [-0.3, -0.25) is 15.1 Å². The molecule has 4 nitrogen and oxygen atoms in total. The molecule has 1 amide bonds. The number of aromatic nitrogens is 1. The van der Waals surface area contributed by atoms with Gasteiger partial charge in [-0.1, -0.05) is 12.1 Å². The van der Waals surface area contributed by atoms with Crippen molar-refractivity contribution in [1.29, 1.82) is 0 Å². The second-order valence-corrected chi connectivity index (χ2v) is 4.33. The minimum absolute atomic E-state index is 0.203. The van der Waals surface area contributed by atoms with E-state index in [9.17, 15) is 4.79 Å². The fourth-order valence-corrected chi connectivity index (χ4v) is 2.04. The molecule has 0 unspecified atom stereocenters. The van der Waals surface area contributed by atoms with Crippen LogP contribution in [0.5, 0.6) is 0 Å². The predicted octanol–water partition coefficient (Wildman–Crippen LogP) is 1.58. The molecular formula is C13H9N3OS. The van der Waals surface area contributed by atoms with E-state index in [2.05, 4.69) is 15.6 Å². The number of hydrogen-bond donors (Lipinski definition) is 2. The molecule has 0 aliphatic carbocycles. The molecule has 1 aromatic carbocycles. The Morgan fingerprint density at radius 1 is 1.22 bits per heavy atom. The van der Waals surface area contributed by atoms with E-state index in [4.69, 9.17) is 12.2 Å². The molecule has 0 spiro atoms. The van der Waals surface area contributed by atoms with Gasteiger partial charge in [0.1, 0.15) is 5.70 Å². The average molecular weight is 255 g/mol. The van der Waals surface area contributed by atoms with Crippen LogP contribution in [0.1, 0.15) is 5.56 Å². The lowest BCUT2D eigenvalue weighted by molar-refractivity contribution is -0.115. The molecule has 5 heteroatoms. The van der Waals surface area contributed by atoms with Crippen LogP contribution < -0.4 is 10.6 Å². The molecule has 3 rings (SSSR count). The van der Waals surface area contributed by atoms with Crippen LogP contribution >= 0.6 is 12.2 Å². The number of rotatable bonds is 1. The van der Waals surface area contributed by atoms with Crippen LogP contribution in [-0.4, -0.2) is 16.0 Å². The van der Waals surface area contributed by atoms with Crippen molar-refractivity contribution in [3.8, 4) is 0 Å². The summed E-state index contributed by atoms with van der Waals surface area (Å²) in [5.41, 5.74) is 2.32. The number of fused-ring (bicyclic) bond motifs is 1. The molecule has 0 saturated carbocycles. The standard InChI is InChI=1S/C13H9N3OS/c17-12-11(15-13(18)16-12)7-8-3-4-10-9(6-8)2-1-5-14-10/h1-7H,(H2,15,16,17,18)/b11-7-. The van der Waals surface area contributed by atoms with E-state index in [1.165, 1.54) is 0 Å². The van der Waals surface area contributed by atoms with Crippen LogP contribution in [0.2, 0.25) is 0 Å². The fourth-order valence-electron chi connectivity index (χ4n) is 1.83. The number of carbonyl (C=O) groups is 1. The van der Waals surface area contributed by atoms with Gasteiger partial charge in [0.15, 0.2) is 5.11 Å². The first kappa shape index (κ1) is 10.9. The van der Waals surface area contributed by atoms with Gasteiger partial charge in [0.05, 0.1) is 5.52 Å². The molecule has 1 aliphatic rings. The van der Waals surface area contributed by atoms with E-state index in [0.29, 0.717) is 10.8 Å². The SMILES string of the molecule is O=C1NC(=S)N/C1=C\c1ccc2ncccc2c1. The van der Waals surface area contributed by atoms with Crippen molar-refractivity contribution in [1.82, 2.24) is 15.6 Å². The van der Waals surface area contributed by atoms with Crippen molar-refractivity contribution in [2.75, 3.05) is 0 Å². The Bertz CT molecular complexity index is 693. The lowest BCUT2D eigenvalue weighted by Crippen LogP contribution is -2.21. The van der Waals surface area contributed by atoms with Crippen molar-refractivity contribution in [3.63, 3.8) is 0 Å². The van der Waals surface area contributed by atoms with Crippen LogP contribution in [-0.2, 0) is 4.79 Å². The van der Waals surface area contributed by atoms with E-state index in [0.717, 1.165) is 16.5 Å². The summed E-state index contributed by atoms with van der Waals surface area (Å²) in [4.78, 5) is 15.8. The van der Waals surface area contributed by atoms with Crippen molar-refractivity contribution in [2.45, 2.75) is 0 Å². The summed E-state index contributed by atoms with van der Waals surface area (Å²) in [6, 6.07) is 9.68. The average Bonchev–Trinajstić information content (AvgIpc) is 2.68. The molecule has 1 fully saturated rings. The van der Waals surface area contributed by atoms with Gasteiger partial charge in [0.25, 0.3) is 5.91 Å². The zero-order valence-electron chi connectivity index (χ0n) is 9.31. The smallest absolute Gasteiger partial charge is 0.273 e. The molecule has 2 N–H and O–H groups in total. The summed E-state index contributed by atoms with van der Waals surface area (Å²) < 4.78 is 0. The van der Waals surface area contributed by atoms with Crippen molar-refractivity contribution in [2.24, 2.45) is 0 Å². The lowest BCUT2D eigenvalue weighted by atomic mass is 10.1. The first-order valence-corrected chi connectivity index (χ1v) is 5.82. The summed E-state index contributed by atoms with van der Waals surface area (Å²) in [5.74, 6) is -0.203. The molecule has 1 saturated heterocycles. The summed E-state index contributed by atoms with van der Waals surface area (Å²) in [6.45, 7) is 0. The van der Waals surface area contributed by atoms with Crippen molar-refractivity contribution >= 4 is 40.2 Å². The lowest BCUT2D eigenvalue weighted by Gasteiger charge is -1.99. The number of nitrogens with zero attached hydrogens (tertiary/aromatic N) is 1. The Balaban J connectivity index is 2.02. The van der Waals surface area contributed by atoms with Gasteiger partial charge >= 0.3 is 0 Å². The highest BCUT2D eigenvalue weighted by Gasteiger charge is 2.19. The maximum atomic E-state index is 11.5. The van der Waals surface area contributed by atoms with E-state index < -0.39 is 0 Å². The number of thiocarbonyl (C=S) groups is 1. The third kappa shape index (κ3) is 1.96. The first-order chi connectivity index (χ1) is 8.72. The van der Waals surface area contributed by atoms with Crippen LogP contribution in [0.3, 0.4) is 0 Å². The normalized spacial score (nSPS) is 17.0. The van der Waals surface area contributed by atoms with Crippen LogP contribution in [0.15, 0.2) is 42.2 Å². The molecule has 0 atom stereocenters. The Labute approximate surface area is 109 Å².